The van der Waals surface area contributed by atoms with E-state index in [1.807, 2.05) is 44.2 Å². The molecule has 0 unspecified atom stereocenters. The van der Waals surface area contributed by atoms with Gasteiger partial charge in [0.05, 0.1) is 0 Å². The van der Waals surface area contributed by atoms with E-state index in [0.717, 1.165) is 11.1 Å². The largest absolute Gasteiger partial charge is 0.399 e. The lowest BCUT2D eigenvalue weighted by molar-refractivity contribution is 0.102. The molecule has 0 heterocycles. The Balaban J connectivity index is 2.22. The number of hydrogen-bond acceptors (Lipinski definition) is 2. The third-order valence-electron chi connectivity index (χ3n) is 2.63. The predicted molar refractivity (Wildman–Crippen MR) is 74.7 cm³/mol. The van der Waals surface area contributed by atoms with E-state index in [4.69, 9.17) is 5.73 Å². The molecule has 0 bridgehead atoms. The summed E-state index contributed by atoms with van der Waals surface area (Å²) in [5.74, 6) is -0.118. The zero-order valence-corrected chi connectivity index (χ0v) is 10.5. The number of hydrogen-bond donors (Lipinski definition) is 2. The highest BCUT2D eigenvalue weighted by molar-refractivity contribution is 6.04. The van der Waals surface area contributed by atoms with Gasteiger partial charge in [0.25, 0.3) is 5.91 Å². The summed E-state index contributed by atoms with van der Waals surface area (Å²) in [7, 11) is 0. The fourth-order valence-electron chi connectivity index (χ4n) is 1.93. The highest BCUT2D eigenvalue weighted by Gasteiger charge is 2.07. The average Bonchev–Trinajstić information content (AvgIpc) is 2.27. The molecule has 2 aromatic carbocycles. The molecule has 0 spiro atoms. The number of carbonyl (C=O) groups is 1. The second-order valence-corrected chi connectivity index (χ2v) is 4.46. The van der Waals surface area contributed by atoms with Crippen LogP contribution in [0.1, 0.15) is 21.5 Å². The van der Waals surface area contributed by atoms with Crippen LogP contribution in [0.4, 0.5) is 11.4 Å². The fourth-order valence-corrected chi connectivity index (χ4v) is 1.93. The Bertz CT molecular complexity index is 571. The average molecular weight is 240 g/mol. The maximum Gasteiger partial charge on any atom is 0.255 e. The van der Waals surface area contributed by atoms with Gasteiger partial charge in [0.15, 0.2) is 0 Å². The summed E-state index contributed by atoms with van der Waals surface area (Å²) in [4.78, 5) is 12.1. The number of rotatable bonds is 2. The van der Waals surface area contributed by atoms with Crippen molar-refractivity contribution in [2.24, 2.45) is 0 Å². The molecule has 0 aliphatic carbocycles. The van der Waals surface area contributed by atoms with Crippen LogP contribution < -0.4 is 11.1 Å². The molecule has 0 radical (unpaired) electrons. The smallest absolute Gasteiger partial charge is 0.255 e. The summed E-state index contributed by atoms with van der Waals surface area (Å²) >= 11 is 0. The first-order valence-electron chi connectivity index (χ1n) is 5.80. The van der Waals surface area contributed by atoms with Crippen LogP contribution in [-0.4, -0.2) is 5.91 Å². The summed E-state index contributed by atoms with van der Waals surface area (Å²) in [6.07, 6.45) is 0. The second-order valence-electron chi connectivity index (χ2n) is 4.46. The van der Waals surface area contributed by atoms with E-state index < -0.39 is 0 Å². The maximum atomic E-state index is 12.1. The third-order valence-corrected chi connectivity index (χ3v) is 2.63. The SMILES string of the molecule is Cc1cc(C)cc(C(=O)Nc2cccc(N)c2)c1. The molecule has 1 amide bonds. The Kier molecular flexibility index (Phi) is 3.33. The van der Waals surface area contributed by atoms with Crippen molar-refractivity contribution in [2.75, 3.05) is 11.1 Å². The number of amides is 1. The third kappa shape index (κ3) is 2.88. The number of aryl methyl sites for hydroxylation is 2. The molecule has 2 aromatic rings. The molecule has 0 saturated carbocycles. The number of carbonyl (C=O) groups excluding carboxylic acids is 1. The van der Waals surface area contributed by atoms with E-state index in [2.05, 4.69) is 5.32 Å². The van der Waals surface area contributed by atoms with Crippen molar-refractivity contribution in [1.82, 2.24) is 0 Å². The van der Waals surface area contributed by atoms with Crippen molar-refractivity contribution < 1.29 is 4.79 Å². The minimum atomic E-state index is -0.118. The van der Waals surface area contributed by atoms with Crippen LogP contribution in [0.5, 0.6) is 0 Å². The van der Waals surface area contributed by atoms with Gasteiger partial charge in [0, 0.05) is 16.9 Å². The Labute approximate surface area is 107 Å². The molecule has 0 atom stereocenters. The molecule has 3 nitrogen and oxygen atoms in total. The lowest BCUT2D eigenvalue weighted by Crippen LogP contribution is -2.12. The van der Waals surface area contributed by atoms with Crippen molar-refractivity contribution in [2.45, 2.75) is 13.8 Å². The molecule has 0 aromatic heterocycles. The van der Waals surface area contributed by atoms with Crippen LogP contribution in [0.3, 0.4) is 0 Å². The van der Waals surface area contributed by atoms with Crippen molar-refractivity contribution in [3.8, 4) is 0 Å². The number of anilines is 2. The summed E-state index contributed by atoms with van der Waals surface area (Å²) < 4.78 is 0. The van der Waals surface area contributed by atoms with Crippen molar-refractivity contribution >= 4 is 17.3 Å². The van der Waals surface area contributed by atoms with Crippen LogP contribution in [0.2, 0.25) is 0 Å². The van der Waals surface area contributed by atoms with E-state index in [1.54, 1.807) is 12.1 Å². The summed E-state index contributed by atoms with van der Waals surface area (Å²) in [6, 6.07) is 12.9. The monoisotopic (exact) mass is 240 g/mol. The number of nitrogen functional groups attached to an aromatic ring is 1. The van der Waals surface area contributed by atoms with E-state index in [1.165, 1.54) is 0 Å². The van der Waals surface area contributed by atoms with Crippen molar-refractivity contribution in [1.29, 1.82) is 0 Å². The predicted octanol–water partition coefficient (Wildman–Crippen LogP) is 3.14. The number of benzene rings is 2. The standard InChI is InChI=1S/C15H16N2O/c1-10-6-11(2)8-12(7-10)15(18)17-14-5-3-4-13(16)9-14/h3-9H,16H2,1-2H3,(H,17,18). The molecule has 0 fully saturated rings. The molecule has 2 rings (SSSR count). The molecule has 3 heteroatoms. The van der Waals surface area contributed by atoms with E-state index >= 15 is 0 Å². The van der Waals surface area contributed by atoms with Crippen LogP contribution in [0.15, 0.2) is 42.5 Å². The van der Waals surface area contributed by atoms with Crippen molar-refractivity contribution in [3.63, 3.8) is 0 Å². The van der Waals surface area contributed by atoms with Gasteiger partial charge in [-0.2, -0.15) is 0 Å². The van der Waals surface area contributed by atoms with Crippen LogP contribution in [-0.2, 0) is 0 Å². The molecule has 18 heavy (non-hydrogen) atoms. The van der Waals surface area contributed by atoms with Gasteiger partial charge in [-0.3, -0.25) is 4.79 Å². The minimum absolute atomic E-state index is 0.118. The summed E-state index contributed by atoms with van der Waals surface area (Å²) in [6.45, 7) is 3.95. The molecular weight excluding hydrogens is 224 g/mol. The lowest BCUT2D eigenvalue weighted by Gasteiger charge is -2.07. The maximum absolute atomic E-state index is 12.1. The van der Waals surface area contributed by atoms with E-state index in [-0.39, 0.29) is 5.91 Å². The highest BCUT2D eigenvalue weighted by atomic mass is 16.1. The first kappa shape index (κ1) is 12.2. The van der Waals surface area contributed by atoms with Crippen LogP contribution in [0, 0.1) is 13.8 Å². The van der Waals surface area contributed by atoms with Gasteiger partial charge in [-0.05, 0) is 44.2 Å². The van der Waals surface area contributed by atoms with Gasteiger partial charge in [0.2, 0.25) is 0 Å². The zero-order valence-electron chi connectivity index (χ0n) is 10.5. The molecule has 0 aliphatic rings. The number of nitrogens with two attached hydrogens (primary N) is 1. The second kappa shape index (κ2) is 4.92. The molecule has 0 saturated heterocycles. The normalized spacial score (nSPS) is 10.1. The van der Waals surface area contributed by atoms with Crippen LogP contribution in [0.25, 0.3) is 0 Å². The van der Waals surface area contributed by atoms with Gasteiger partial charge in [0.1, 0.15) is 0 Å². The van der Waals surface area contributed by atoms with Crippen LogP contribution >= 0.6 is 0 Å². The fraction of sp³-hybridized carbons (Fsp3) is 0.133. The molecule has 92 valence electrons. The Morgan fingerprint density at radius 1 is 1.06 bits per heavy atom. The Morgan fingerprint density at radius 2 is 1.72 bits per heavy atom. The first-order valence-corrected chi connectivity index (χ1v) is 5.80. The lowest BCUT2D eigenvalue weighted by atomic mass is 10.1. The highest BCUT2D eigenvalue weighted by Crippen LogP contribution is 2.15. The topological polar surface area (TPSA) is 55.1 Å². The minimum Gasteiger partial charge on any atom is -0.399 e. The first-order chi connectivity index (χ1) is 8.54. The van der Waals surface area contributed by atoms with Gasteiger partial charge in [-0.1, -0.05) is 23.3 Å². The molecule has 3 N–H and O–H groups in total. The van der Waals surface area contributed by atoms with E-state index in [9.17, 15) is 4.79 Å². The van der Waals surface area contributed by atoms with E-state index in [0.29, 0.717) is 16.9 Å². The van der Waals surface area contributed by atoms with Gasteiger partial charge in [-0.15, -0.1) is 0 Å². The Hall–Kier alpha value is -2.29. The Morgan fingerprint density at radius 3 is 2.33 bits per heavy atom. The molecular formula is C15H16N2O. The number of nitrogens with one attached hydrogen (secondary N) is 1. The summed E-state index contributed by atoms with van der Waals surface area (Å²) in [5, 5.41) is 2.83. The molecule has 0 aliphatic heterocycles. The van der Waals surface area contributed by atoms with Crippen molar-refractivity contribution in [3.05, 3.63) is 59.2 Å². The van der Waals surface area contributed by atoms with Gasteiger partial charge in [-0.25, -0.2) is 0 Å². The van der Waals surface area contributed by atoms with Gasteiger partial charge >= 0.3 is 0 Å². The van der Waals surface area contributed by atoms with Gasteiger partial charge < -0.3 is 11.1 Å². The quantitative estimate of drug-likeness (QED) is 0.792. The zero-order chi connectivity index (χ0) is 13.1. The summed E-state index contributed by atoms with van der Waals surface area (Å²) in [5.41, 5.74) is 9.83.